The molecule has 0 aliphatic carbocycles. The molecular formula is C14H11BrFNO. The number of aryl methyl sites for hydroxylation is 1. The number of carbonyl (C=O) groups excluding carboxylic acids is 1. The molecule has 2 aromatic rings. The van der Waals surface area contributed by atoms with Gasteiger partial charge in [0, 0.05) is 11.8 Å². The lowest BCUT2D eigenvalue weighted by atomic mass is 10.0. The summed E-state index contributed by atoms with van der Waals surface area (Å²) in [6.07, 6.45) is 1.84. The zero-order chi connectivity index (χ0) is 13.1. The summed E-state index contributed by atoms with van der Waals surface area (Å²) in [5.41, 5.74) is 2.05. The van der Waals surface area contributed by atoms with Crippen molar-refractivity contribution in [1.82, 2.24) is 4.98 Å². The van der Waals surface area contributed by atoms with Crippen LogP contribution in [0.4, 0.5) is 4.39 Å². The van der Waals surface area contributed by atoms with E-state index in [1.165, 1.54) is 12.1 Å². The lowest BCUT2D eigenvalue weighted by Crippen LogP contribution is -2.07. The SMILES string of the molecule is Cc1cccnc1CC(=O)c1ccc(Br)c(F)c1. The molecule has 1 heterocycles. The van der Waals surface area contributed by atoms with Crippen LogP contribution in [0.2, 0.25) is 0 Å². The second kappa shape index (κ2) is 5.40. The molecule has 0 atom stereocenters. The molecule has 0 bridgehead atoms. The summed E-state index contributed by atoms with van der Waals surface area (Å²) >= 11 is 3.06. The van der Waals surface area contributed by atoms with Crippen molar-refractivity contribution in [2.75, 3.05) is 0 Å². The summed E-state index contributed by atoms with van der Waals surface area (Å²) in [7, 11) is 0. The largest absolute Gasteiger partial charge is 0.294 e. The highest BCUT2D eigenvalue weighted by Gasteiger charge is 2.11. The summed E-state index contributed by atoms with van der Waals surface area (Å²) in [6.45, 7) is 1.90. The van der Waals surface area contributed by atoms with Crippen molar-refractivity contribution < 1.29 is 9.18 Å². The smallest absolute Gasteiger partial charge is 0.168 e. The van der Waals surface area contributed by atoms with Gasteiger partial charge < -0.3 is 0 Å². The normalized spacial score (nSPS) is 10.4. The summed E-state index contributed by atoms with van der Waals surface area (Å²) < 4.78 is 13.7. The Kier molecular flexibility index (Phi) is 3.87. The minimum Gasteiger partial charge on any atom is -0.294 e. The van der Waals surface area contributed by atoms with Gasteiger partial charge in [-0.1, -0.05) is 12.1 Å². The van der Waals surface area contributed by atoms with Gasteiger partial charge in [0.1, 0.15) is 5.82 Å². The number of rotatable bonds is 3. The number of Topliss-reactive ketones (excluding diaryl/α,β-unsaturated/α-hetero) is 1. The third-order valence-electron chi connectivity index (χ3n) is 2.69. The average molecular weight is 308 g/mol. The van der Waals surface area contributed by atoms with Crippen molar-refractivity contribution in [3.8, 4) is 0 Å². The molecule has 1 aromatic heterocycles. The Morgan fingerprint density at radius 2 is 2.17 bits per heavy atom. The molecule has 0 spiro atoms. The monoisotopic (exact) mass is 307 g/mol. The minimum absolute atomic E-state index is 0.136. The maximum absolute atomic E-state index is 13.3. The molecule has 4 heteroatoms. The highest BCUT2D eigenvalue weighted by atomic mass is 79.9. The van der Waals surface area contributed by atoms with Gasteiger partial charge in [0.15, 0.2) is 5.78 Å². The Balaban J connectivity index is 2.22. The van der Waals surface area contributed by atoms with E-state index in [0.717, 1.165) is 11.3 Å². The number of benzene rings is 1. The van der Waals surface area contributed by atoms with Crippen molar-refractivity contribution >= 4 is 21.7 Å². The van der Waals surface area contributed by atoms with Gasteiger partial charge in [0.25, 0.3) is 0 Å². The van der Waals surface area contributed by atoms with E-state index in [-0.39, 0.29) is 12.2 Å². The second-order valence-electron chi connectivity index (χ2n) is 4.00. The van der Waals surface area contributed by atoms with E-state index in [9.17, 15) is 9.18 Å². The summed E-state index contributed by atoms with van der Waals surface area (Å²) in [4.78, 5) is 16.2. The van der Waals surface area contributed by atoms with Gasteiger partial charge in [-0.05, 0) is 46.6 Å². The number of aromatic nitrogens is 1. The van der Waals surface area contributed by atoms with Crippen molar-refractivity contribution in [3.05, 3.63) is 63.6 Å². The fourth-order valence-corrected chi connectivity index (χ4v) is 1.87. The number of hydrogen-bond donors (Lipinski definition) is 0. The fraction of sp³-hybridized carbons (Fsp3) is 0.143. The first-order valence-electron chi connectivity index (χ1n) is 5.46. The molecule has 0 aliphatic heterocycles. The first kappa shape index (κ1) is 12.9. The van der Waals surface area contributed by atoms with E-state index < -0.39 is 5.82 Å². The van der Waals surface area contributed by atoms with Gasteiger partial charge in [-0.15, -0.1) is 0 Å². The van der Waals surface area contributed by atoms with Crippen LogP contribution in [0.3, 0.4) is 0 Å². The first-order valence-corrected chi connectivity index (χ1v) is 6.26. The molecule has 18 heavy (non-hydrogen) atoms. The van der Waals surface area contributed by atoms with Crippen LogP contribution in [0, 0.1) is 12.7 Å². The van der Waals surface area contributed by atoms with Gasteiger partial charge in [0.2, 0.25) is 0 Å². The van der Waals surface area contributed by atoms with Crippen molar-refractivity contribution in [2.24, 2.45) is 0 Å². The van der Waals surface area contributed by atoms with Crippen LogP contribution in [0.1, 0.15) is 21.6 Å². The number of nitrogens with zero attached hydrogens (tertiary/aromatic N) is 1. The Morgan fingerprint density at radius 3 is 2.83 bits per heavy atom. The second-order valence-corrected chi connectivity index (χ2v) is 4.85. The lowest BCUT2D eigenvalue weighted by molar-refractivity contribution is 0.0991. The molecule has 2 rings (SSSR count). The topological polar surface area (TPSA) is 30.0 Å². The third kappa shape index (κ3) is 2.82. The molecule has 0 saturated heterocycles. The quantitative estimate of drug-likeness (QED) is 0.809. The van der Waals surface area contributed by atoms with E-state index in [4.69, 9.17) is 0 Å². The highest BCUT2D eigenvalue weighted by molar-refractivity contribution is 9.10. The summed E-state index contributed by atoms with van der Waals surface area (Å²) in [5, 5.41) is 0. The number of ketones is 1. The predicted octanol–water partition coefficient (Wildman–Crippen LogP) is 3.72. The molecule has 0 fully saturated rings. The first-order chi connectivity index (χ1) is 8.58. The van der Waals surface area contributed by atoms with Gasteiger partial charge in [0.05, 0.1) is 16.6 Å². The lowest BCUT2D eigenvalue weighted by Gasteiger charge is -2.04. The summed E-state index contributed by atoms with van der Waals surface area (Å²) in [6, 6.07) is 8.10. The van der Waals surface area contributed by atoms with Crippen LogP contribution in [-0.4, -0.2) is 10.8 Å². The number of halogens is 2. The predicted molar refractivity (Wildman–Crippen MR) is 71.1 cm³/mol. The van der Waals surface area contributed by atoms with Crippen molar-refractivity contribution in [1.29, 1.82) is 0 Å². The van der Waals surface area contributed by atoms with Crippen LogP contribution >= 0.6 is 15.9 Å². The van der Waals surface area contributed by atoms with Gasteiger partial charge in [-0.3, -0.25) is 9.78 Å². The highest BCUT2D eigenvalue weighted by Crippen LogP contribution is 2.18. The Hall–Kier alpha value is -1.55. The number of carbonyl (C=O) groups is 1. The maximum atomic E-state index is 13.3. The number of pyridine rings is 1. The molecule has 0 amide bonds. The Morgan fingerprint density at radius 1 is 1.39 bits per heavy atom. The van der Waals surface area contributed by atoms with E-state index in [2.05, 4.69) is 20.9 Å². The van der Waals surface area contributed by atoms with Crippen LogP contribution < -0.4 is 0 Å². The van der Waals surface area contributed by atoms with Gasteiger partial charge in [-0.25, -0.2) is 4.39 Å². The van der Waals surface area contributed by atoms with E-state index in [1.54, 1.807) is 12.3 Å². The molecule has 0 N–H and O–H groups in total. The van der Waals surface area contributed by atoms with Crippen LogP contribution in [-0.2, 0) is 6.42 Å². The van der Waals surface area contributed by atoms with Gasteiger partial charge >= 0.3 is 0 Å². The van der Waals surface area contributed by atoms with Crippen molar-refractivity contribution in [3.63, 3.8) is 0 Å². The molecule has 0 radical (unpaired) electrons. The number of hydrogen-bond acceptors (Lipinski definition) is 2. The zero-order valence-corrected chi connectivity index (χ0v) is 11.4. The van der Waals surface area contributed by atoms with Gasteiger partial charge in [-0.2, -0.15) is 0 Å². The van der Waals surface area contributed by atoms with Crippen LogP contribution in [0.5, 0.6) is 0 Å². The maximum Gasteiger partial charge on any atom is 0.168 e. The standard InChI is InChI=1S/C14H11BrFNO/c1-9-3-2-6-17-13(9)8-14(18)10-4-5-11(15)12(16)7-10/h2-7H,8H2,1H3. The molecule has 0 aliphatic rings. The fourth-order valence-electron chi connectivity index (χ4n) is 1.63. The zero-order valence-electron chi connectivity index (χ0n) is 9.78. The Bertz CT molecular complexity index is 598. The van der Waals surface area contributed by atoms with E-state index in [0.29, 0.717) is 10.0 Å². The van der Waals surface area contributed by atoms with E-state index in [1.807, 2.05) is 19.1 Å². The minimum atomic E-state index is -0.432. The molecule has 2 nitrogen and oxygen atoms in total. The summed E-state index contributed by atoms with van der Waals surface area (Å²) in [5.74, 6) is -0.568. The van der Waals surface area contributed by atoms with E-state index >= 15 is 0 Å². The Labute approximate surface area is 113 Å². The van der Waals surface area contributed by atoms with Crippen LogP contribution in [0.25, 0.3) is 0 Å². The van der Waals surface area contributed by atoms with Crippen molar-refractivity contribution in [2.45, 2.75) is 13.3 Å². The molecule has 92 valence electrons. The molecule has 0 saturated carbocycles. The average Bonchev–Trinajstić information content (AvgIpc) is 2.35. The third-order valence-corrected chi connectivity index (χ3v) is 3.33. The van der Waals surface area contributed by atoms with Crippen LogP contribution in [0.15, 0.2) is 41.0 Å². The molecule has 1 aromatic carbocycles. The molecular weight excluding hydrogens is 297 g/mol. The molecule has 0 unspecified atom stereocenters.